The summed E-state index contributed by atoms with van der Waals surface area (Å²) < 4.78 is 7.28. The third-order valence-electron chi connectivity index (χ3n) is 4.83. The fourth-order valence-corrected chi connectivity index (χ4v) is 4.09. The summed E-state index contributed by atoms with van der Waals surface area (Å²) in [6.45, 7) is 0. The van der Waals surface area contributed by atoms with Crippen LogP contribution in [-0.4, -0.2) is 33.5 Å². The first-order valence-corrected chi connectivity index (χ1v) is 10.1. The average molecular weight is 375 g/mol. The maximum atomic E-state index is 12.2. The van der Waals surface area contributed by atoms with Crippen LogP contribution in [0.5, 0.6) is 5.75 Å². The van der Waals surface area contributed by atoms with E-state index in [1.165, 1.54) is 43.9 Å². The lowest BCUT2D eigenvalue weighted by atomic mass is 9.87. The van der Waals surface area contributed by atoms with Gasteiger partial charge in [-0.2, -0.15) is 0 Å². The molecule has 0 saturated heterocycles. The molecule has 0 unspecified atom stereocenters. The van der Waals surface area contributed by atoms with Crippen LogP contribution in [0, 0.1) is 5.92 Å². The van der Waals surface area contributed by atoms with Crippen molar-refractivity contribution in [3.05, 3.63) is 30.1 Å². The van der Waals surface area contributed by atoms with Gasteiger partial charge < -0.3 is 14.6 Å². The molecule has 0 atom stereocenters. The number of hydrogen-bond acceptors (Lipinski definition) is 5. The van der Waals surface area contributed by atoms with Gasteiger partial charge in [-0.3, -0.25) is 4.79 Å². The number of carbonyl (C=O) groups is 1. The Morgan fingerprint density at radius 3 is 2.81 bits per heavy atom. The van der Waals surface area contributed by atoms with Gasteiger partial charge >= 0.3 is 0 Å². The van der Waals surface area contributed by atoms with Gasteiger partial charge in [-0.15, -0.1) is 10.2 Å². The molecule has 1 heterocycles. The second-order valence-corrected chi connectivity index (χ2v) is 7.65. The number of amides is 1. The van der Waals surface area contributed by atoms with Crippen molar-refractivity contribution < 1.29 is 9.53 Å². The first-order chi connectivity index (χ1) is 12.7. The van der Waals surface area contributed by atoms with E-state index in [1.807, 2.05) is 35.9 Å². The molecular weight excluding hydrogens is 348 g/mol. The highest BCUT2D eigenvalue weighted by atomic mass is 32.2. The number of methoxy groups -OCH3 is 1. The molecule has 2 aromatic rings. The zero-order valence-corrected chi connectivity index (χ0v) is 16.2. The first-order valence-electron chi connectivity index (χ1n) is 9.11. The maximum Gasteiger partial charge on any atom is 0.234 e. The summed E-state index contributed by atoms with van der Waals surface area (Å²) in [5.74, 6) is 2.59. The molecule has 0 bridgehead atoms. The fourth-order valence-electron chi connectivity index (χ4n) is 3.36. The summed E-state index contributed by atoms with van der Waals surface area (Å²) in [4.78, 5) is 12.2. The van der Waals surface area contributed by atoms with Gasteiger partial charge in [-0.05, 0) is 18.1 Å². The van der Waals surface area contributed by atoms with Gasteiger partial charge in [0.2, 0.25) is 5.91 Å². The van der Waals surface area contributed by atoms with Crippen LogP contribution < -0.4 is 10.1 Å². The van der Waals surface area contributed by atoms with Crippen molar-refractivity contribution >= 4 is 23.4 Å². The highest BCUT2D eigenvalue weighted by molar-refractivity contribution is 7.99. The lowest BCUT2D eigenvalue weighted by molar-refractivity contribution is -0.113. The Labute approximate surface area is 158 Å². The van der Waals surface area contributed by atoms with Gasteiger partial charge in [0.05, 0.1) is 18.6 Å². The summed E-state index contributed by atoms with van der Waals surface area (Å²) >= 11 is 1.41. The SMILES string of the molecule is COc1ccccc1NC(=O)CSc1nnc(CC2CCCCC2)n1C. The van der Waals surface area contributed by atoms with E-state index in [9.17, 15) is 4.79 Å². The van der Waals surface area contributed by atoms with E-state index in [-0.39, 0.29) is 11.7 Å². The number of hydrogen-bond donors (Lipinski definition) is 1. The van der Waals surface area contributed by atoms with Crippen molar-refractivity contribution in [3.63, 3.8) is 0 Å². The highest BCUT2D eigenvalue weighted by Crippen LogP contribution is 2.27. The van der Waals surface area contributed by atoms with Crippen molar-refractivity contribution in [1.82, 2.24) is 14.8 Å². The van der Waals surface area contributed by atoms with Gasteiger partial charge in [0.1, 0.15) is 11.6 Å². The summed E-state index contributed by atoms with van der Waals surface area (Å²) in [7, 11) is 3.58. The van der Waals surface area contributed by atoms with E-state index in [1.54, 1.807) is 7.11 Å². The van der Waals surface area contributed by atoms with Crippen LogP contribution >= 0.6 is 11.8 Å². The minimum atomic E-state index is -0.0867. The molecule has 1 aliphatic rings. The van der Waals surface area contributed by atoms with E-state index in [2.05, 4.69) is 15.5 Å². The van der Waals surface area contributed by atoms with E-state index in [0.29, 0.717) is 11.4 Å². The van der Waals surface area contributed by atoms with E-state index < -0.39 is 0 Å². The maximum absolute atomic E-state index is 12.2. The largest absolute Gasteiger partial charge is 0.495 e. The molecular formula is C19H26N4O2S. The van der Waals surface area contributed by atoms with Crippen LogP contribution in [0.25, 0.3) is 0 Å². The second-order valence-electron chi connectivity index (χ2n) is 6.70. The lowest BCUT2D eigenvalue weighted by Crippen LogP contribution is -2.15. The smallest absolute Gasteiger partial charge is 0.234 e. The normalized spacial score (nSPS) is 15.0. The van der Waals surface area contributed by atoms with Crippen LogP contribution in [0.1, 0.15) is 37.9 Å². The van der Waals surface area contributed by atoms with Crippen LogP contribution in [0.4, 0.5) is 5.69 Å². The molecule has 26 heavy (non-hydrogen) atoms. The Kier molecular flexibility index (Phi) is 6.55. The van der Waals surface area contributed by atoms with Crippen molar-refractivity contribution in [2.45, 2.75) is 43.7 Å². The molecule has 0 radical (unpaired) electrons. The third kappa shape index (κ3) is 4.78. The molecule has 1 saturated carbocycles. The predicted octanol–water partition coefficient (Wildman–Crippen LogP) is 3.68. The number of para-hydroxylation sites is 2. The van der Waals surface area contributed by atoms with E-state index >= 15 is 0 Å². The molecule has 0 aliphatic heterocycles. The molecule has 3 rings (SSSR count). The highest BCUT2D eigenvalue weighted by Gasteiger charge is 2.18. The minimum absolute atomic E-state index is 0.0867. The topological polar surface area (TPSA) is 69.0 Å². The monoisotopic (exact) mass is 374 g/mol. The number of nitrogens with one attached hydrogen (secondary N) is 1. The van der Waals surface area contributed by atoms with E-state index in [4.69, 9.17) is 4.74 Å². The molecule has 1 aliphatic carbocycles. The van der Waals surface area contributed by atoms with Gasteiger partial charge in [0.25, 0.3) is 0 Å². The number of benzene rings is 1. The van der Waals surface area contributed by atoms with Gasteiger partial charge in [0, 0.05) is 13.5 Å². The van der Waals surface area contributed by atoms with Crippen LogP contribution in [-0.2, 0) is 18.3 Å². The molecule has 1 N–H and O–H groups in total. The predicted molar refractivity (Wildman–Crippen MR) is 104 cm³/mol. The van der Waals surface area contributed by atoms with Crippen molar-refractivity contribution in [3.8, 4) is 5.75 Å². The number of aromatic nitrogens is 3. The fraction of sp³-hybridized carbons (Fsp3) is 0.526. The molecule has 1 amide bonds. The summed E-state index contributed by atoms with van der Waals surface area (Å²) in [6.07, 6.45) is 7.57. The number of rotatable bonds is 7. The Bertz CT molecular complexity index is 741. The number of carbonyl (C=O) groups excluding carboxylic acids is 1. The third-order valence-corrected chi connectivity index (χ3v) is 5.85. The molecule has 140 valence electrons. The van der Waals surface area contributed by atoms with Gasteiger partial charge in [-0.25, -0.2) is 0 Å². The first kappa shape index (κ1) is 18.8. The van der Waals surface area contributed by atoms with Crippen LogP contribution in [0.2, 0.25) is 0 Å². The molecule has 1 fully saturated rings. The Morgan fingerprint density at radius 1 is 1.27 bits per heavy atom. The molecule has 0 spiro atoms. The summed E-state index contributed by atoms with van der Waals surface area (Å²) in [6, 6.07) is 7.39. The summed E-state index contributed by atoms with van der Waals surface area (Å²) in [5.41, 5.74) is 0.677. The van der Waals surface area contributed by atoms with Crippen molar-refractivity contribution in [2.24, 2.45) is 13.0 Å². The average Bonchev–Trinajstić information content (AvgIpc) is 3.01. The van der Waals surface area contributed by atoms with Crippen molar-refractivity contribution in [1.29, 1.82) is 0 Å². The van der Waals surface area contributed by atoms with Crippen LogP contribution in [0.3, 0.4) is 0 Å². The van der Waals surface area contributed by atoms with Gasteiger partial charge in [0.15, 0.2) is 5.16 Å². The number of thioether (sulfide) groups is 1. The summed E-state index contributed by atoms with van der Waals surface area (Å²) in [5, 5.41) is 12.3. The Hall–Kier alpha value is -2.02. The molecule has 7 heteroatoms. The standard InChI is InChI=1S/C19H26N4O2S/c1-23-17(12-14-8-4-3-5-9-14)21-22-19(23)26-13-18(24)20-15-10-6-7-11-16(15)25-2/h6-7,10-11,14H,3-5,8-9,12-13H2,1-2H3,(H,20,24). The minimum Gasteiger partial charge on any atom is -0.495 e. The number of nitrogens with zero attached hydrogens (tertiary/aromatic N) is 3. The zero-order chi connectivity index (χ0) is 18.4. The van der Waals surface area contributed by atoms with E-state index in [0.717, 1.165) is 23.3 Å². The lowest BCUT2D eigenvalue weighted by Gasteiger charge is -2.20. The molecule has 6 nitrogen and oxygen atoms in total. The Morgan fingerprint density at radius 2 is 2.04 bits per heavy atom. The van der Waals surface area contributed by atoms with Gasteiger partial charge in [-0.1, -0.05) is 56.0 Å². The number of anilines is 1. The quantitative estimate of drug-likeness (QED) is 0.749. The molecule has 1 aromatic carbocycles. The Balaban J connectivity index is 1.53. The molecule has 1 aromatic heterocycles. The zero-order valence-electron chi connectivity index (χ0n) is 15.4. The number of ether oxygens (including phenoxy) is 1. The van der Waals surface area contributed by atoms with Crippen LogP contribution in [0.15, 0.2) is 29.4 Å². The second kappa shape index (κ2) is 9.07. The van der Waals surface area contributed by atoms with Crippen molar-refractivity contribution in [2.75, 3.05) is 18.2 Å².